The fourth-order valence-electron chi connectivity index (χ4n) is 5.00. The number of hydrogen-bond donors (Lipinski definition) is 0. The van der Waals surface area contributed by atoms with Crippen molar-refractivity contribution in [3.8, 4) is 39.9 Å². The average molecular weight is 632 g/mol. The molecule has 0 atom stereocenters. The fourth-order valence-corrected chi connectivity index (χ4v) is 5.80. The molecule has 7 aromatic rings. The van der Waals surface area contributed by atoms with Crippen LogP contribution in [0.2, 0.25) is 0 Å². The van der Waals surface area contributed by atoms with Gasteiger partial charge >= 0.3 is 0 Å². The first-order chi connectivity index (χ1) is 19.1. The first kappa shape index (κ1) is 23.9. The molecule has 6 heteroatoms. The van der Waals surface area contributed by atoms with Crippen LogP contribution >= 0.6 is 31.9 Å². The fraction of sp³-hybridized carbons (Fsp3) is 0. The van der Waals surface area contributed by atoms with Crippen LogP contribution in [0.3, 0.4) is 0 Å². The number of halogens is 2. The molecule has 0 aliphatic rings. The number of rotatable bonds is 4. The maximum atomic E-state index is 4.95. The van der Waals surface area contributed by atoms with Crippen LogP contribution in [0.5, 0.6) is 0 Å². The lowest BCUT2D eigenvalue weighted by molar-refractivity contribution is 1.07. The quantitative estimate of drug-likeness (QED) is 0.194. The summed E-state index contributed by atoms with van der Waals surface area (Å²) < 4.78 is 4.25. The molecule has 4 nitrogen and oxygen atoms in total. The van der Waals surface area contributed by atoms with Crippen LogP contribution in [0.1, 0.15) is 0 Å². The molecule has 5 aromatic carbocycles. The van der Waals surface area contributed by atoms with Crippen molar-refractivity contribution in [1.29, 1.82) is 0 Å². The molecule has 2 aromatic heterocycles. The summed E-state index contributed by atoms with van der Waals surface area (Å²) in [5.41, 5.74) is 6.14. The average Bonchev–Trinajstić information content (AvgIpc) is 3.31. The van der Waals surface area contributed by atoms with Gasteiger partial charge in [0.25, 0.3) is 0 Å². The number of nitrogens with zero attached hydrogens (tertiary/aromatic N) is 4. The third kappa shape index (κ3) is 4.46. The van der Waals surface area contributed by atoms with Gasteiger partial charge in [-0.15, -0.1) is 0 Å². The Bertz CT molecular complexity index is 1890. The lowest BCUT2D eigenvalue weighted by Gasteiger charge is -2.11. The zero-order chi connectivity index (χ0) is 26.3. The third-order valence-corrected chi connectivity index (χ3v) is 7.73. The van der Waals surface area contributed by atoms with E-state index in [-0.39, 0.29) is 0 Å². The molecule has 39 heavy (non-hydrogen) atoms. The van der Waals surface area contributed by atoms with E-state index in [1.54, 1.807) is 0 Å². The third-order valence-electron chi connectivity index (χ3n) is 6.74. The van der Waals surface area contributed by atoms with Gasteiger partial charge in [0.1, 0.15) is 0 Å². The zero-order valence-electron chi connectivity index (χ0n) is 20.6. The van der Waals surface area contributed by atoms with Crippen LogP contribution in [-0.2, 0) is 0 Å². The smallest absolute Gasteiger partial charge is 0.164 e. The normalized spacial score (nSPS) is 11.3. The van der Waals surface area contributed by atoms with E-state index in [0.29, 0.717) is 17.5 Å². The minimum absolute atomic E-state index is 0.623. The maximum absolute atomic E-state index is 4.95. The topological polar surface area (TPSA) is 43.6 Å². The summed E-state index contributed by atoms with van der Waals surface area (Å²) in [4.78, 5) is 14.8. The van der Waals surface area contributed by atoms with E-state index in [9.17, 15) is 0 Å². The lowest BCUT2D eigenvalue weighted by atomic mass is 10.1. The van der Waals surface area contributed by atoms with Crippen molar-refractivity contribution in [2.24, 2.45) is 0 Å². The lowest BCUT2D eigenvalue weighted by Crippen LogP contribution is -2.01. The summed E-state index contributed by atoms with van der Waals surface area (Å²) in [5, 5.41) is 2.46. The van der Waals surface area contributed by atoms with Gasteiger partial charge in [-0.05, 0) is 48.5 Å². The zero-order valence-corrected chi connectivity index (χ0v) is 23.8. The number of fused-ring (bicyclic) bond motifs is 3. The molecule has 0 aliphatic heterocycles. The van der Waals surface area contributed by atoms with Gasteiger partial charge in [0, 0.05) is 42.1 Å². The molecule has 0 aliphatic carbocycles. The van der Waals surface area contributed by atoms with Gasteiger partial charge in [0.2, 0.25) is 0 Å². The molecule has 0 spiro atoms. The summed E-state index contributed by atoms with van der Waals surface area (Å²) in [6, 6.07) is 41.5. The van der Waals surface area contributed by atoms with Crippen LogP contribution < -0.4 is 0 Å². The Morgan fingerprint density at radius 1 is 0.436 bits per heavy atom. The van der Waals surface area contributed by atoms with E-state index in [1.165, 1.54) is 10.8 Å². The number of benzene rings is 5. The summed E-state index contributed by atoms with van der Waals surface area (Å²) in [6.45, 7) is 0. The van der Waals surface area contributed by atoms with Gasteiger partial charge in [-0.1, -0.05) is 105 Å². The van der Waals surface area contributed by atoms with Crippen molar-refractivity contribution >= 4 is 53.7 Å². The molecule has 0 unspecified atom stereocenters. The highest BCUT2D eigenvalue weighted by Crippen LogP contribution is 2.33. The molecule has 7 rings (SSSR count). The first-order valence-corrected chi connectivity index (χ1v) is 14.1. The van der Waals surface area contributed by atoms with Gasteiger partial charge in [-0.3, -0.25) is 0 Å². The monoisotopic (exact) mass is 630 g/mol. The minimum atomic E-state index is 0.623. The number of aromatic nitrogens is 4. The van der Waals surface area contributed by atoms with Crippen LogP contribution in [0.4, 0.5) is 0 Å². The van der Waals surface area contributed by atoms with Crippen LogP contribution in [-0.4, -0.2) is 19.5 Å². The highest BCUT2D eigenvalue weighted by atomic mass is 79.9. The minimum Gasteiger partial charge on any atom is -0.309 e. The predicted octanol–water partition coefficient (Wildman–Crippen LogP) is 9.49. The van der Waals surface area contributed by atoms with Crippen molar-refractivity contribution in [2.45, 2.75) is 0 Å². The summed E-state index contributed by atoms with van der Waals surface area (Å²) in [5.74, 6) is 1.87. The highest BCUT2D eigenvalue weighted by Gasteiger charge is 2.15. The molecule has 0 fully saturated rings. The highest BCUT2D eigenvalue weighted by molar-refractivity contribution is 9.10. The van der Waals surface area contributed by atoms with Gasteiger partial charge in [0.05, 0.1) is 11.0 Å². The molecule has 0 radical (unpaired) electrons. The van der Waals surface area contributed by atoms with E-state index < -0.39 is 0 Å². The van der Waals surface area contributed by atoms with E-state index in [0.717, 1.165) is 42.4 Å². The summed E-state index contributed by atoms with van der Waals surface area (Å²) >= 11 is 7.17. The largest absolute Gasteiger partial charge is 0.309 e. The van der Waals surface area contributed by atoms with Gasteiger partial charge < -0.3 is 4.57 Å². The molecule has 0 amide bonds. The van der Waals surface area contributed by atoms with Crippen molar-refractivity contribution in [2.75, 3.05) is 0 Å². The van der Waals surface area contributed by atoms with Crippen molar-refractivity contribution in [3.05, 3.63) is 130 Å². The summed E-state index contributed by atoms with van der Waals surface area (Å²) in [7, 11) is 0. The molecule has 0 saturated carbocycles. The van der Waals surface area contributed by atoms with Gasteiger partial charge in [0.15, 0.2) is 17.5 Å². The predicted molar refractivity (Wildman–Crippen MR) is 166 cm³/mol. The molecule has 0 N–H and O–H groups in total. The summed E-state index contributed by atoms with van der Waals surface area (Å²) in [6.07, 6.45) is 0. The Hall–Kier alpha value is -4.13. The van der Waals surface area contributed by atoms with Crippen molar-refractivity contribution < 1.29 is 0 Å². The first-order valence-electron chi connectivity index (χ1n) is 12.5. The van der Waals surface area contributed by atoms with Crippen molar-refractivity contribution in [1.82, 2.24) is 19.5 Å². The van der Waals surface area contributed by atoms with Crippen LogP contribution in [0.15, 0.2) is 130 Å². The molecular weight excluding hydrogens is 612 g/mol. The van der Waals surface area contributed by atoms with Crippen LogP contribution in [0.25, 0.3) is 61.7 Å². The van der Waals surface area contributed by atoms with Crippen molar-refractivity contribution in [3.63, 3.8) is 0 Å². The second kappa shape index (κ2) is 9.88. The Morgan fingerprint density at radius 3 is 1.36 bits per heavy atom. The van der Waals surface area contributed by atoms with E-state index in [2.05, 4.69) is 109 Å². The Kier molecular flexibility index (Phi) is 6.06. The van der Waals surface area contributed by atoms with E-state index in [1.807, 2.05) is 48.5 Å². The van der Waals surface area contributed by atoms with Gasteiger partial charge in [-0.25, -0.2) is 15.0 Å². The van der Waals surface area contributed by atoms with E-state index >= 15 is 0 Å². The van der Waals surface area contributed by atoms with E-state index in [4.69, 9.17) is 15.0 Å². The number of para-hydroxylation sites is 2. The SMILES string of the molecule is Brc1cccc(-c2nc(-c3cccc(Br)c3)nc(-c3cccc(-n4c5ccccc5c5ccccc54)c3)n2)c1. The Labute approximate surface area is 242 Å². The molecule has 2 heterocycles. The van der Waals surface area contributed by atoms with Gasteiger partial charge in [-0.2, -0.15) is 0 Å². The second-order valence-corrected chi connectivity index (χ2v) is 11.1. The Morgan fingerprint density at radius 2 is 0.872 bits per heavy atom. The molecule has 0 bridgehead atoms. The second-order valence-electron chi connectivity index (χ2n) is 9.25. The standard InChI is InChI=1S/C33H20Br2N4/c34-24-11-5-8-21(18-24)31-36-32(22-9-6-12-25(35)19-22)38-33(37-31)23-10-7-13-26(20-23)39-29-16-3-1-14-27(29)28-15-2-4-17-30(28)39/h1-20H. The van der Waals surface area contributed by atoms with Crippen LogP contribution in [0, 0.1) is 0 Å². The molecule has 0 saturated heterocycles. The Balaban J connectivity index is 1.44. The number of hydrogen-bond acceptors (Lipinski definition) is 3. The molecule has 186 valence electrons. The maximum Gasteiger partial charge on any atom is 0.164 e. The molecular formula is C33H20Br2N4.